The van der Waals surface area contributed by atoms with Gasteiger partial charge < -0.3 is 4.74 Å². The van der Waals surface area contributed by atoms with E-state index in [9.17, 15) is 4.79 Å². The van der Waals surface area contributed by atoms with Gasteiger partial charge in [-0.15, -0.1) is 17.8 Å². The van der Waals surface area contributed by atoms with E-state index in [1.54, 1.807) is 12.3 Å². The Morgan fingerprint density at radius 3 is 3.00 bits per heavy atom. The van der Waals surface area contributed by atoms with Gasteiger partial charge in [0, 0.05) is 5.38 Å². The van der Waals surface area contributed by atoms with Gasteiger partial charge >= 0.3 is 5.97 Å². The molecule has 0 fully saturated rings. The maximum Gasteiger partial charge on any atom is 0.359 e. The van der Waals surface area contributed by atoms with Crippen molar-refractivity contribution < 1.29 is 9.53 Å². The molecule has 0 saturated carbocycles. The van der Waals surface area contributed by atoms with Crippen molar-refractivity contribution in [3.63, 3.8) is 0 Å². The quantitative estimate of drug-likeness (QED) is 0.532. The predicted molar refractivity (Wildman–Crippen MR) is 50.6 cm³/mol. The third kappa shape index (κ3) is 2.56. The molecule has 0 radical (unpaired) electrons. The van der Waals surface area contributed by atoms with Crippen molar-refractivity contribution in [3.8, 4) is 12.3 Å². The van der Waals surface area contributed by atoms with Gasteiger partial charge in [-0.2, -0.15) is 0 Å². The smallest absolute Gasteiger partial charge is 0.359 e. The summed E-state index contributed by atoms with van der Waals surface area (Å²) in [7, 11) is 0. The molecule has 0 aliphatic heterocycles. The fourth-order valence-corrected chi connectivity index (χ4v) is 1.29. The Morgan fingerprint density at radius 2 is 2.54 bits per heavy atom. The van der Waals surface area contributed by atoms with Gasteiger partial charge in [-0.25, -0.2) is 9.78 Å². The SMILES string of the molecule is C#CC(C)OC(=O)c1csc(C)n1. The van der Waals surface area contributed by atoms with Crippen molar-refractivity contribution in [1.82, 2.24) is 4.98 Å². The molecule has 0 amide bonds. The molecular weight excluding hydrogens is 186 g/mol. The molecule has 4 heteroatoms. The predicted octanol–water partition coefficient (Wildman–Crippen LogP) is 1.63. The zero-order valence-electron chi connectivity index (χ0n) is 7.40. The second-order valence-corrected chi connectivity index (χ2v) is 3.53. The highest BCUT2D eigenvalue weighted by Gasteiger charge is 2.12. The first-order chi connectivity index (χ1) is 6.13. The van der Waals surface area contributed by atoms with Crippen LogP contribution in [0.2, 0.25) is 0 Å². The topological polar surface area (TPSA) is 39.2 Å². The molecule has 1 heterocycles. The molecule has 1 aromatic heterocycles. The zero-order chi connectivity index (χ0) is 9.84. The number of carbonyl (C=O) groups is 1. The molecule has 0 aliphatic carbocycles. The van der Waals surface area contributed by atoms with Crippen LogP contribution in [0.1, 0.15) is 22.4 Å². The number of terminal acetylenes is 1. The van der Waals surface area contributed by atoms with Crippen LogP contribution in [0.5, 0.6) is 0 Å². The van der Waals surface area contributed by atoms with E-state index in [2.05, 4.69) is 10.9 Å². The second kappa shape index (κ2) is 4.06. The number of ether oxygens (including phenoxy) is 1. The summed E-state index contributed by atoms with van der Waals surface area (Å²) in [6.07, 6.45) is 4.55. The Morgan fingerprint density at radius 1 is 1.85 bits per heavy atom. The number of aryl methyl sites for hydroxylation is 1. The lowest BCUT2D eigenvalue weighted by molar-refractivity contribution is 0.0432. The van der Waals surface area contributed by atoms with Crippen LogP contribution in [0.4, 0.5) is 0 Å². The highest BCUT2D eigenvalue weighted by molar-refractivity contribution is 7.09. The number of carbonyl (C=O) groups excluding carboxylic acids is 1. The molecule has 68 valence electrons. The van der Waals surface area contributed by atoms with Crippen LogP contribution in [0.15, 0.2) is 5.38 Å². The van der Waals surface area contributed by atoms with E-state index in [1.807, 2.05) is 6.92 Å². The fourth-order valence-electron chi connectivity index (χ4n) is 0.712. The van der Waals surface area contributed by atoms with Crippen LogP contribution in [-0.4, -0.2) is 17.1 Å². The summed E-state index contributed by atoms with van der Waals surface area (Å²) < 4.78 is 4.87. The van der Waals surface area contributed by atoms with E-state index in [0.29, 0.717) is 5.69 Å². The molecule has 0 aromatic carbocycles. The third-order valence-corrected chi connectivity index (χ3v) is 2.12. The number of thiazole rings is 1. The van der Waals surface area contributed by atoms with Gasteiger partial charge in [0.15, 0.2) is 11.8 Å². The lowest BCUT2D eigenvalue weighted by atomic mass is 10.4. The zero-order valence-corrected chi connectivity index (χ0v) is 8.22. The molecule has 1 rings (SSSR count). The van der Waals surface area contributed by atoms with Crippen LogP contribution in [0.25, 0.3) is 0 Å². The summed E-state index contributed by atoms with van der Waals surface area (Å²) in [6.45, 7) is 3.46. The van der Waals surface area contributed by atoms with E-state index in [0.717, 1.165) is 5.01 Å². The minimum absolute atomic E-state index is 0.324. The van der Waals surface area contributed by atoms with E-state index >= 15 is 0 Å². The maximum absolute atomic E-state index is 11.3. The van der Waals surface area contributed by atoms with Crippen LogP contribution < -0.4 is 0 Å². The fraction of sp³-hybridized carbons (Fsp3) is 0.333. The molecule has 0 spiro atoms. The van der Waals surface area contributed by atoms with Crippen molar-refractivity contribution in [3.05, 3.63) is 16.1 Å². The average Bonchev–Trinajstić information content (AvgIpc) is 2.51. The standard InChI is InChI=1S/C9H9NO2S/c1-4-6(2)12-9(11)8-5-13-7(3)10-8/h1,5-6H,2-3H3. The first-order valence-corrected chi connectivity index (χ1v) is 4.60. The summed E-state index contributed by atoms with van der Waals surface area (Å²) in [4.78, 5) is 15.2. The van der Waals surface area contributed by atoms with Crippen molar-refractivity contribution in [2.24, 2.45) is 0 Å². The minimum Gasteiger partial charge on any atom is -0.445 e. The van der Waals surface area contributed by atoms with Gasteiger partial charge in [0.2, 0.25) is 0 Å². The van der Waals surface area contributed by atoms with Crippen molar-refractivity contribution in [2.75, 3.05) is 0 Å². The first-order valence-electron chi connectivity index (χ1n) is 3.72. The van der Waals surface area contributed by atoms with Crippen LogP contribution in [0.3, 0.4) is 0 Å². The number of hydrogen-bond acceptors (Lipinski definition) is 4. The summed E-state index contributed by atoms with van der Waals surface area (Å²) in [5, 5.41) is 2.49. The van der Waals surface area contributed by atoms with Crippen LogP contribution in [-0.2, 0) is 4.74 Å². The number of rotatable bonds is 2. The van der Waals surface area contributed by atoms with E-state index in [1.165, 1.54) is 11.3 Å². The molecule has 1 aromatic rings. The molecule has 0 N–H and O–H groups in total. The summed E-state index contributed by atoms with van der Waals surface area (Å²) in [6, 6.07) is 0. The van der Waals surface area contributed by atoms with E-state index < -0.39 is 12.1 Å². The Labute approximate surface area is 80.8 Å². The summed E-state index contributed by atoms with van der Waals surface area (Å²) in [5.41, 5.74) is 0.324. The lowest BCUT2D eigenvalue weighted by Crippen LogP contribution is -2.13. The monoisotopic (exact) mass is 195 g/mol. The number of esters is 1. The molecule has 0 saturated heterocycles. The average molecular weight is 195 g/mol. The van der Waals surface area contributed by atoms with E-state index in [-0.39, 0.29) is 0 Å². The van der Waals surface area contributed by atoms with Gasteiger partial charge in [0.25, 0.3) is 0 Å². The highest BCUT2D eigenvalue weighted by atomic mass is 32.1. The van der Waals surface area contributed by atoms with Crippen LogP contribution >= 0.6 is 11.3 Å². The Bertz CT molecular complexity index is 351. The van der Waals surface area contributed by atoms with Crippen molar-refractivity contribution in [2.45, 2.75) is 20.0 Å². The molecule has 0 bridgehead atoms. The molecule has 0 aliphatic rings. The third-order valence-electron chi connectivity index (χ3n) is 1.35. The summed E-state index contributed by atoms with van der Waals surface area (Å²) >= 11 is 1.40. The minimum atomic E-state index is -0.505. The second-order valence-electron chi connectivity index (χ2n) is 2.47. The first kappa shape index (κ1) is 9.75. The highest BCUT2D eigenvalue weighted by Crippen LogP contribution is 2.09. The summed E-state index contributed by atoms with van der Waals surface area (Å²) in [5.74, 6) is 1.84. The Kier molecular flexibility index (Phi) is 3.04. The number of hydrogen-bond donors (Lipinski definition) is 0. The molecule has 13 heavy (non-hydrogen) atoms. The molecule has 3 nitrogen and oxygen atoms in total. The normalized spacial score (nSPS) is 11.8. The van der Waals surface area contributed by atoms with Gasteiger partial charge in [-0.1, -0.05) is 5.92 Å². The lowest BCUT2D eigenvalue weighted by Gasteiger charge is -2.03. The van der Waals surface area contributed by atoms with Crippen LogP contribution in [0, 0.1) is 19.3 Å². The largest absolute Gasteiger partial charge is 0.445 e. The van der Waals surface area contributed by atoms with Gasteiger partial charge in [0.1, 0.15) is 0 Å². The molecular formula is C9H9NO2S. The number of nitrogens with zero attached hydrogens (tertiary/aromatic N) is 1. The van der Waals surface area contributed by atoms with Gasteiger partial charge in [-0.3, -0.25) is 0 Å². The van der Waals surface area contributed by atoms with E-state index in [4.69, 9.17) is 11.2 Å². The molecule has 1 unspecified atom stereocenters. The Hall–Kier alpha value is -1.34. The number of aromatic nitrogens is 1. The Balaban J connectivity index is 2.65. The van der Waals surface area contributed by atoms with Gasteiger partial charge in [0.05, 0.1) is 5.01 Å². The maximum atomic E-state index is 11.3. The van der Waals surface area contributed by atoms with Gasteiger partial charge in [-0.05, 0) is 13.8 Å². The van der Waals surface area contributed by atoms with Crippen molar-refractivity contribution >= 4 is 17.3 Å². The van der Waals surface area contributed by atoms with Crippen molar-refractivity contribution in [1.29, 1.82) is 0 Å². The molecule has 1 atom stereocenters.